The second kappa shape index (κ2) is 5.78. The molecule has 0 aliphatic heterocycles. The van der Waals surface area contributed by atoms with Crippen LogP contribution in [0, 0.1) is 11.3 Å². The highest BCUT2D eigenvalue weighted by atomic mass is 15.0. The summed E-state index contributed by atoms with van der Waals surface area (Å²) in [6.07, 6.45) is 4.23. The van der Waals surface area contributed by atoms with Crippen LogP contribution in [0.5, 0.6) is 0 Å². The van der Waals surface area contributed by atoms with Crippen molar-refractivity contribution in [2.45, 2.75) is 19.4 Å². The first-order valence-electron chi connectivity index (χ1n) is 5.87. The molecule has 1 aromatic carbocycles. The Hall–Kier alpha value is -2.41. The molecule has 0 radical (unpaired) electrons. The fourth-order valence-corrected chi connectivity index (χ4v) is 1.77. The molecule has 18 heavy (non-hydrogen) atoms. The summed E-state index contributed by atoms with van der Waals surface area (Å²) in [4.78, 5) is 7.89. The number of nitriles is 1. The van der Waals surface area contributed by atoms with Crippen molar-refractivity contribution in [3.63, 3.8) is 0 Å². The van der Waals surface area contributed by atoms with E-state index in [1.807, 2.05) is 24.3 Å². The smallest absolute Gasteiger partial charge is 0.232 e. The largest absolute Gasteiger partial charge is 0.376 e. The number of hydrogen-bond donors (Lipinski definition) is 1. The first-order chi connectivity index (χ1) is 8.83. The quantitative estimate of drug-likeness (QED) is 0.889. The summed E-state index contributed by atoms with van der Waals surface area (Å²) in [5, 5.41) is 12.0. The number of rotatable bonds is 4. The van der Waals surface area contributed by atoms with Crippen LogP contribution in [0.25, 0.3) is 0 Å². The lowest BCUT2D eigenvalue weighted by Crippen LogP contribution is -2.10. The van der Waals surface area contributed by atoms with Gasteiger partial charge >= 0.3 is 0 Å². The molecule has 4 nitrogen and oxygen atoms in total. The van der Waals surface area contributed by atoms with Gasteiger partial charge in [-0.25, -0.2) is 9.97 Å². The van der Waals surface area contributed by atoms with Crippen molar-refractivity contribution >= 4 is 5.69 Å². The summed E-state index contributed by atoms with van der Waals surface area (Å²) in [6, 6.07) is 12.4. The van der Waals surface area contributed by atoms with Crippen LogP contribution in [0.2, 0.25) is 0 Å². The molecule has 0 spiro atoms. The van der Waals surface area contributed by atoms with Crippen LogP contribution >= 0.6 is 0 Å². The molecule has 1 N–H and O–H groups in total. The Bertz CT molecular complexity index is 528. The summed E-state index contributed by atoms with van der Waals surface area (Å²) < 4.78 is 0. The molecule has 0 saturated heterocycles. The van der Waals surface area contributed by atoms with Gasteiger partial charge in [0, 0.05) is 0 Å². The van der Waals surface area contributed by atoms with Gasteiger partial charge in [0.15, 0.2) is 0 Å². The molecule has 0 bridgehead atoms. The van der Waals surface area contributed by atoms with E-state index >= 15 is 0 Å². The van der Waals surface area contributed by atoms with Crippen molar-refractivity contribution in [1.82, 2.24) is 9.97 Å². The Morgan fingerprint density at radius 2 is 1.89 bits per heavy atom. The summed E-state index contributed by atoms with van der Waals surface area (Å²) in [5.41, 5.74) is 2.05. The van der Waals surface area contributed by atoms with E-state index in [9.17, 15) is 0 Å². The molecule has 0 aliphatic carbocycles. The highest BCUT2D eigenvalue weighted by Gasteiger charge is 2.08. The zero-order valence-corrected chi connectivity index (χ0v) is 10.2. The van der Waals surface area contributed by atoms with Crippen molar-refractivity contribution in [2.24, 2.45) is 0 Å². The number of nitrogens with one attached hydrogen (secondary N) is 1. The second-order valence-corrected chi connectivity index (χ2v) is 3.92. The molecule has 1 aromatic heterocycles. The maximum Gasteiger partial charge on any atom is 0.232 e. The second-order valence-electron chi connectivity index (χ2n) is 3.92. The van der Waals surface area contributed by atoms with Crippen molar-refractivity contribution in [3.8, 4) is 6.07 Å². The molecule has 0 saturated carbocycles. The van der Waals surface area contributed by atoms with Crippen molar-refractivity contribution in [1.29, 1.82) is 5.26 Å². The first kappa shape index (κ1) is 12.1. The van der Waals surface area contributed by atoms with Crippen LogP contribution in [0.1, 0.15) is 30.8 Å². The molecule has 90 valence electrons. The zero-order chi connectivity index (χ0) is 12.8. The Balaban J connectivity index is 2.13. The first-order valence-corrected chi connectivity index (χ1v) is 5.87. The molecular weight excluding hydrogens is 224 g/mol. The van der Waals surface area contributed by atoms with Gasteiger partial charge in [0.2, 0.25) is 5.82 Å². The molecule has 0 fully saturated rings. The summed E-state index contributed by atoms with van der Waals surface area (Å²) >= 11 is 0. The van der Waals surface area contributed by atoms with Crippen LogP contribution in [0.15, 0.2) is 42.7 Å². The predicted octanol–water partition coefficient (Wildman–Crippen LogP) is 2.91. The fourth-order valence-electron chi connectivity index (χ4n) is 1.77. The summed E-state index contributed by atoms with van der Waals surface area (Å²) in [6.45, 7) is 2.12. The highest BCUT2D eigenvalue weighted by Crippen LogP contribution is 2.21. The van der Waals surface area contributed by atoms with E-state index < -0.39 is 0 Å². The standard InChI is InChI=1S/C14H14N4/c1-2-13(11-6-4-3-5-7-11)18-12-9-16-14(8-15)17-10-12/h3-7,9-10,13,18H,2H2,1H3. The summed E-state index contributed by atoms with van der Waals surface area (Å²) in [7, 11) is 0. The SMILES string of the molecule is CCC(Nc1cnc(C#N)nc1)c1ccccc1. The van der Waals surface area contributed by atoms with E-state index in [-0.39, 0.29) is 11.9 Å². The minimum Gasteiger partial charge on any atom is -0.376 e. The molecular formula is C14H14N4. The maximum atomic E-state index is 8.64. The minimum absolute atomic E-state index is 0.188. The fraction of sp³-hybridized carbons (Fsp3) is 0.214. The normalized spacial score (nSPS) is 11.6. The van der Waals surface area contributed by atoms with Gasteiger partial charge in [-0.05, 0) is 12.0 Å². The molecule has 1 unspecified atom stereocenters. The van der Waals surface area contributed by atoms with Gasteiger partial charge in [0.25, 0.3) is 0 Å². The van der Waals surface area contributed by atoms with Gasteiger partial charge in [-0.2, -0.15) is 5.26 Å². The third-order valence-electron chi connectivity index (χ3n) is 2.70. The third kappa shape index (κ3) is 2.83. The van der Waals surface area contributed by atoms with Crippen molar-refractivity contribution in [3.05, 3.63) is 54.1 Å². The van der Waals surface area contributed by atoms with Gasteiger partial charge in [0.1, 0.15) is 6.07 Å². The minimum atomic E-state index is 0.188. The van der Waals surface area contributed by atoms with Crippen LogP contribution in [-0.2, 0) is 0 Å². The number of aromatic nitrogens is 2. The zero-order valence-electron chi connectivity index (χ0n) is 10.2. The van der Waals surface area contributed by atoms with Gasteiger partial charge in [-0.15, -0.1) is 0 Å². The van der Waals surface area contributed by atoms with Crippen molar-refractivity contribution < 1.29 is 0 Å². The van der Waals surface area contributed by atoms with E-state index in [1.165, 1.54) is 5.56 Å². The predicted molar refractivity (Wildman–Crippen MR) is 69.8 cm³/mol. The number of anilines is 1. The van der Waals surface area contributed by atoms with E-state index in [2.05, 4.69) is 34.3 Å². The Morgan fingerprint density at radius 1 is 1.22 bits per heavy atom. The molecule has 1 heterocycles. The topological polar surface area (TPSA) is 61.6 Å². The van der Waals surface area contributed by atoms with Crippen LogP contribution < -0.4 is 5.32 Å². The third-order valence-corrected chi connectivity index (χ3v) is 2.70. The van der Waals surface area contributed by atoms with Gasteiger partial charge in [-0.1, -0.05) is 37.3 Å². The molecule has 2 aromatic rings. The Morgan fingerprint density at radius 3 is 2.44 bits per heavy atom. The number of hydrogen-bond acceptors (Lipinski definition) is 4. The van der Waals surface area contributed by atoms with Gasteiger partial charge in [0.05, 0.1) is 24.1 Å². The molecule has 1 atom stereocenters. The maximum absolute atomic E-state index is 8.64. The molecule has 0 amide bonds. The lowest BCUT2D eigenvalue weighted by Gasteiger charge is -2.18. The average molecular weight is 238 g/mol. The van der Waals surface area contributed by atoms with Crippen LogP contribution in [0.4, 0.5) is 5.69 Å². The van der Waals surface area contributed by atoms with Gasteiger partial charge < -0.3 is 5.32 Å². The highest BCUT2D eigenvalue weighted by molar-refractivity contribution is 5.42. The van der Waals surface area contributed by atoms with Crippen LogP contribution in [-0.4, -0.2) is 9.97 Å². The monoisotopic (exact) mass is 238 g/mol. The van der Waals surface area contributed by atoms with Gasteiger partial charge in [-0.3, -0.25) is 0 Å². The molecule has 0 aliphatic rings. The van der Waals surface area contributed by atoms with E-state index in [4.69, 9.17) is 5.26 Å². The summed E-state index contributed by atoms with van der Waals surface area (Å²) in [5.74, 6) is 0.188. The van der Waals surface area contributed by atoms with Crippen molar-refractivity contribution in [2.75, 3.05) is 5.32 Å². The van der Waals surface area contributed by atoms with E-state index in [1.54, 1.807) is 12.4 Å². The number of nitrogens with zero attached hydrogens (tertiary/aromatic N) is 3. The van der Waals surface area contributed by atoms with Crippen LogP contribution in [0.3, 0.4) is 0 Å². The van der Waals surface area contributed by atoms with E-state index in [0.29, 0.717) is 0 Å². The molecule has 2 rings (SSSR count). The van der Waals surface area contributed by atoms with E-state index in [0.717, 1.165) is 12.1 Å². The average Bonchev–Trinajstić information content (AvgIpc) is 2.46. The number of benzene rings is 1. The lowest BCUT2D eigenvalue weighted by molar-refractivity contribution is 0.747. The Labute approximate surface area is 106 Å². The lowest BCUT2D eigenvalue weighted by atomic mass is 10.0. The Kier molecular flexibility index (Phi) is 3.87. The molecule has 4 heteroatoms.